The summed E-state index contributed by atoms with van der Waals surface area (Å²) in [5.41, 5.74) is 1.68. The molecule has 1 saturated heterocycles. The van der Waals surface area contributed by atoms with E-state index >= 15 is 0 Å². The first-order valence-electron chi connectivity index (χ1n) is 10.2. The van der Waals surface area contributed by atoms with Crippen LogP contribution in [0.1, 0.15) is 33.1 Å². The van der Waals surface area contributed by atoms with Gasteiger partial charge in [-0.05, 0) is 57.6 Å². The lowest BCUT2D eigenvalue weighted by Crippen LogP contribution is -2.29. The predicted molar refractivity (Wildman–Crippen MR) is 119 cm³/mol. The average Bonchev–Trinajstić information content (AvgIpc) is 3.27. The quantitative estimate of drug-likeness (QED) is 0.675. The molecule has 4 heterocycles. The Hall–Kier alpha value is -2.71. The summed E-state index contributed by atoms with van der Waals surface area (Å²) in [6, 6.07) is 7.85. The molecule has 0 spiro atoms. The Morgan fingerprint density at radius 1 is 1.17 bits per heavy atom. The van der Waals surface area contributed by atoms with E-state index < -0.39 is 0 Å². The summed E-state index contributed by atoms with van der Waals surface area (Å²) in [4.78, 5) is 27.1. The molecular formula is C22H27N5O2S. The molecule has 4 rings (SSSR count). The van der Waals surface area contributed by atoms with Crippen molar-refractivity contribution in [3.63, 3.8) is 0 Å². The second kappa shape index (κ2) is 8.97. The van der Waals surface area contributed by atoms with Gasteiger partial charge in [0, 0.05) is 32.4 Å². The van der Waals surface area contributed by atoms with Gasteiger partial charge in [-0.25, -0.2) is 9.97 Å². The lowest BCUT2D eigenvalue weighted by atomic mass is 10.2. The van der Waals surface area contributed by atoms with E-state index in [9.17, 15) is 4.79 Å². The Labute approximate surface area is 180 Å². The third-order valence-electron chi connectivity index (χ3n) is 5.26. The van der Waals surface area contributed by atoms with Crippen molar-refractivity contribution in [1.82, 2.24) is 20.2 Å². The lowest BCUT2D eigenvalue weighted by molar-refractivity contribution is 0.0954. The van der Waals surface area contributed by atoms with Crippen molar-refractivity contribution in [3.8, 4) is 10.8 Å². The second-order valence-corrected chi connectivity index (χ2v) is 8.69. The zero-order valence-corrected chi connectivity index (χ0v) is 18.5. The number of aryl methyl sites for hydroxylation is 2. The van der Waals surface area contributed by atoms with E-state index in [-0.39, 0.29) is 5.91 Å². The van der Waals surface area contributed by atoms with Crippen LogP contribution in [0.3, 0.4) is 0 Å². The number of carbonyl (C=O) groups is 1. The van der Waals surface area contributed by atoms with E-state index in [1.54, 1.807) is 0 Å². The number of thiazole rings is 1. The van der Waals surface area contributed by atoms with Crippen LogP contribution in [0.25, 0.3) is 10.8 Å². The monoisotopic (exact) mass is 425 g/mol. The van der Waals surface area contributed by atoms with Crippen molar-refractivity contribution < 1.29 is 9.21 Å². The summed E-state index contributed by atoms with van der Waals surface area (Å²) >= 11 is 1.35. The number of amides is 1. The van der Waals surface area contributed by atoms with Crippen LogP contribution in [-0.4, -0.2) is 54.0 Å². The van der Waals surface area contributed by atoms with Crippen LogP contribution < -0.4 is 10.2 Å². The summed E-state index contributed by atoms with van der Waals surface area (Å²) in [7, 11) is 2.16. The van der Waals surface area contributed by atoms with Crippen molar-refractivity contribution in [1.29, 1.82) is 0 Å². The molecule has 0 atom stereocenters. The molecule has 0 aliphatic carbocycles. The molecule has 1 aliphatic rings. The smallest absolute Gasteiger partial charge is 0.263 e. The highest BCUT2D eigenvalue weighted by atomic mass is 32.1. The minimum Gasteiger partial charge on any atom is -0.459 e. The topological polar surface area (TPSA) is 74.5 Å². The van der Waals surface area contributed by atoms with Gasteiger partial charge in [0.25, 0.3) is 5.91 Å². The Morgan fingerprint density at radius 3 is 2.77 bits per heavy atom. The predicted octanol–water partition coefficient (Wildman–Crippen LogP) is 3.49. The standard InChI is InChI=1S/C22H27N5O2S/c1-15-5-7-18(29-15)22-25-16(2)20(30-22)21(28)24-14-17-6-8-19(23-13-17)27-10-4-9-26(3)11-12-27/h5-8,13H,4,9-12,14H2,1-3H3,(H,24,28). The maximum absolute atomic E-state index is 12.7. The maximum atomic E-state index is 12.7. The Morgan fingerprint density at radius 2 is 2.03 bits per heavy atom. The lowest BCUT2D eigenvalue weighted by Gasteiger charge is -2.21. The highest BCUT2D eigenvalue weighted by Crippen LogP contribution is 2.29. The number of nitrogens with zero attached hydrogens (tertiary/aromatic N) is 4. The fraction of sp³-hybridized carbons (Fsp3) is 0.409. The van der Waals surface area contributed by atoms with Gasteiger partial charge in [-0.2, -0.15) is 0 Å². The largest absolute Gasteiger partial charge is 0.459 e. The molecule has 30 heavy (non-hydrogen) atoms. The number of anilines is 1. The molecule has 0 saturated carbocycles. The minimum absolute atomic E-state index is 0.126. The molecule has 0 bridgehead atoms. The van der Waals surface area contributed by atoms with Gasteiger partial charge in [0.15, 0.2) is 10.8 Å². The third-order valence-corrected chi connectivity index (χ3v) is 6.43. The molecule has 1 aliphatic heterocycles. The van der Waals surface area contributed by atoms with Crippen LogP contribution >= 0.6 is 11.3 Å². The van der Waals surface area contributed by atoms with Crippen LogP contribution in [0, 0.1) is 13.8 Å². The molecule has 1 fully saturated rings. The first-order chi connectivity index (χ1) is 14.5. The molecule has 1 amide bonds. The number of likely N-dealkylation sites (N-methyl/N-ethyl adjacent to an activating group) is 1. The number of hydrogen-bond donors (Lipinski definition) is 1. The highest BCUT2D eigenvalue weighted by Gasteiger charge is 2.18. The SMILES string of the molecule is Cc1ccc(-c2nc(C)c(C(=O)NCc3ccc(N4CCCN(C)CC4)nc3)s2)o1. The summed E-state index contributed by atoms with van der Waals surface area (Å²) in [6.07, 6.45) is 2.99. The van der Waals surface area contributed by atoms with Crippen LogP contribution in [-0.2, 0) is 6.54 Å². The van der Waals surface area contributed by atoms with Crippen LogP contribution in [0.2, 0.25) is 0 Å². The van der Waals surface area contributed by atoms with E-state index in [1.165, 1.54) is 11.3 Å². The van der Waals surface area contributed by atoms with Crippen molar-refractivity contribution in [3.05, 3.63) is 52.4 Å². The Bertz CT molecular complexity index is 1010. The molecule has 0 aromatic carbocycles. The summed E-state index contributed by atoms with van der Waals surface area (Å²) < 4.78 is 5.62. The van der Waals surface area contributed by atoms with Gasteiger partial charge in [-0.3, -0.25) is 4.79 Å². The molecule has 3 aromatic rings. The molecule has 158 valence electrons. The second-order valence-electron chi connectivity index (χ2n) is 7.70. The van der Waals surface area contributed by atoms with Gasteiger partial charge in [0.1, 0.15) is 16.5 Å². The zero-order valence-electron chi connectivity index (χ0n) is 17.6. The maximum Gasteiger partial charge on any atom is 0.263 e. The minimum atomic E-state index is -0.126. The Kier molecular flexibility index (Phi) is 6.15. The third kappa shape index (κ3) is 4.71. The zero-order chi connectivity index (χ0) is 21.1. The normalized spacial score (nSPS) is 15.2. The number of rotatable bonds is 5. The first-order valence-corrected chi connectivity index (χ1v) is 11.0. The van der Waals surface area contributed by atoms with E-state index in [2.05, 4.69) is 32.1 Å². The van der Waals surface area contributed by atoms with E-state index in [4.69, 9.17) is 4.42 Å². The van der Waals surface area contributed by atoms with Crippen molar-refractivity contribution in [2.75, 3.05) is 38.1 Å². The highest BCUT2D eigenvalue weighted by molar-refractivity contribution is 7.17. The molecule has 7 nitrogen and oxygen atoms in total. The van der Waals surface area contributed by atoms with E-state index in [0.717, 1.165) is 54.7 Å². The van der Waals surface area contributed by atoms with Crippen molar-refractivity contribution in [2.45, 2.75) is 26.8 Å². The number of hydrogen-bond acceptors (Lipinski definition) is 7. The van der Waals surface area contributed by atoms with Gasteiger partial charge in [-0.1, -0.05) is 6.07 Å². The summed E-state index contributed by atoms with van der Waals surface area (Å²) in [5, 5.41) is 3.70. The first kappa shape index (κ1) is 20.6. The van der Waals surface area contributed by atoms with Gasteiger partial charge in [0.05, 0.1) is 5.69 Å². The average molecular weight is 426 g/mol. The van der Waals surface area contributed by atoms with E-state index in [0.29, 0.717) is 22.9 Å². The van der Waals surface area contributed by atoms with Gasteiger partial charge >= 0.3 is 0 Å². The van der Waals surface area contributed by atoms with Crippen LogP contribution in [0.5, 0.6) is 0 Å². The number of nitrogens with one attached hydrogen (secondary N) is 1. The van der Waals surface area contributed by atoms with Crippen molar-refractivity contribution in [2.24, 2.45) is 0 Å². The molecule has 0 radical (unpaired) electrons. The number of furan rings is 1. The number of aromatic nitrogens is 2. The summed E-state index contributed by atoms with van der Waals surface area (Å²) in [5.74, 6) is 2.39. The molecule has 8 heteroatoms. The van der Waals surface area contributed by atoms with E-state index in [1.807, 2.05) is 44.3 Å². The molecular weight excluding hydrogens is 398 g/mol. The fourth-order valence-corrected chi connectivity index (χ4v) is 4.45. The van der Waals surface area contributed by atoms with Gasteiger partial charge in [-0.15, -0.1) is 11.3 Å². The summed E-state index contributed by atoms with van der Waals surface area (Å²) in [6.45, 7) is 8.35. The molecule has 1 N–H and O–H groups in total. The van der Waals surface area contributed by atoms with Gasteiger partial charge in [0.2, 0.25) is 0 Å². The van der Waals surface area contributed by atoms with Crippen LogP contribution in [0.15, 0.2) is 34.9 Å². The molecule has 0 unspecified atom stereocenters. The van der Waals surface area contributed by atoms with Gasteiger partial charge < -0.3 is 19.5 Å². The van der Waals surface area contributed by atoms with Crippen LogP contribution in [0.4, 0.5) is 5.82 Å². The van der Waals surface area contributed by atoms with Crippen molar-refractivity contribution >= 4 is 23.1 Å². The number of carbonyl (C=O) groups excluding carboxylic acids is 1. The fourth-order valence-electron chi connectivity index (χ4n) is 3.51. The molecule has 3 aromatic heterocycles. The Balaban J connectivity index is 1.36. The number of pyridine rings is 1.